The van der Waals surface area contributed by atoms with Gasteiger partial charge < -0.3 is 0 Å². The van der Waals surface area contributed by atoms with Crippen LogP contribution in [0.15, 0.2) is 71.4 Å². The molecular weight excluding hydrogens is 540 g/mol. The first-order chi connectivity index (χ1) is 18.3. The molecule has 2 N–H and O–H groups in total. The molecule has 0 aliphatic carbocycles. The summed E-state index contributed by atoms with van der Waals surface area (Å²) in [5, 5.41) is 8.48. The number of anilines is 2. The number of carbonyl (C=O) groups is 2. The van der Waals surface area contributed by atoms with Crippen LogP contribution in [0.25, 0.3) is 22.5 Å². The van der Waals surface area contributed by atoms with Crippen LogP contribution in [0.4, 0.5) is 27.8 Å². The lowest BCUT2D eigenvalue weighted by molar-refractivity contribution is 0.0990. The van der Waals surface area contributed by atoms with Crippen LogP contribution in [-0.2, 0) is 0 Å². The highest BCUT2D eigenvalue weighted by Crippen LogP contribution is 2.29. The van der Waals surface area contributed by atoms with Crippen LogP contribution >= 0.6 is 22.7 Å². The van der Waals surface area contributed by atoms with Crippen molar-refractivity contribution in [3.63, 3.8) is 0 Å². The summed E-state index contributed by atoms with van der Waals surface area (Å²) in [6.45, 7) is 0. The standard InChI is InChI=1S/C26H14F4N4O2S2/c27-13-5-7-17(19(29)9-13)21-11-37-25(31-21)33-23(35)15-3-1-2-4-16(15)24(36)34-26-32-22(12-38-26)18-8-6-14(28)10-20(18)30/h1-12H,(H,31,33,35)(H,32,34,36). The van der Waals surface area contributed by atoms with E-state index in [2.05, 4.69) is 20.6 Å². The summed E-state index contributed by atoms with van der Waals surface area (Å²) in [4.78, 5) is 34.3. The quantitative estimate of drug-likeness (QED) is 0.222. The van der Waals surface area contributed by atoms with Crippen molar-refractivity contribution in [1.29, 1.82) is 0 Å². The summed E-state index contributed by atoms with van der Waals surface area (Å²) in [7, 11) is 0. The number of benzene rings is 3. The van der Waals surface area contributed by atoms with Crippen LogP contribution in [0.5, 0.6) is 0 Å². The molecule has 0 fully saturated rings. The SMILES string of the molecule is O=C(Nc1nc(-c2ccc(F)cc2F)cs1)c1ccccc1C(=O)Nc1nc(-c2ccc(F)cc2F)cs1. The van der Waals surface area contributed by atoms with E-state index in [1.54, 1.807) is 12.1 Å². The van der Waals surface area contributed by atoms with E-state index >= 15 is 0 Å². The van der Waals surface area contributed by atoms with Gasteiger partial charge in [0.2, 0.25) is 0 Å². The fraction of sp³-hybridized carbons (Fsp3) is 0. The van der Waals surface area contributed by atoms with Crippen molar-refractivity contribution < 1.29 is 27.2 Å². The molecule has 190 valence electrons. The highest BCUT2D eigenvalue weighted by molar-refractivity contribution is 7.14. The molecule has 2 aromatic heterocycles. The van der Waals surface area contributed by atoms with Gasteiger partial charge in [-0.15, -0.1) is 22.7 Å². The van der Waals surface area contributed by atoms with E-state index in [1.807, 2.05) is 0 Å². The number of halogens is 4. The number of aromatic nitrogens is 2. The van der Waals surface area contributed by atoms with Crippen LogP contribution in [0.3, 0.4) is 0 Å². The predicted octanol–water partition coefficient (Wildman–Crippen LogP) is 6.99. The van der Waals surface area contributed by atoms with Gasteiger partial charge in [0.1, 0.15) is 23.3 Å². The molecule has 0 aliphatic rings. The molecule has 0 saturated heterocycles. The summed E-state index contributed by atoms with van der Waals surface area (Å²) in [6.07, 6.45) is 0. The summed E-state index contributed by atoms with van der Waals surface area (Å²) in [5.41, 5.74) is 0.654. The third kappa shape index (κ3) is 5.31. The van der Waals surface area contributed by atoms with Crippen molar-refractivity contribution in [2.45, 2.75) is 0 Å². The zero-order chi connectivity index (χ0) is 26.8. The van der Waals surface area contributed by atoms with Gasteiger partial charge in [0.25, 0.3) is 11.8 Å². The molecule has 0 unspecified atom stereocenters. The fourth-order valence-corrected chi connectivity index (χ4v) is 4.92. The van der Waals surface area contributed by atoms with Gasteiger partial charge in [-0.3, -0.25) is 20.2 Å². The van der Waals surface area contributed by atoms with Crippen LogP contribution < -0.4 is 10.6 Å². The molecule has 5 aromatic rings. The number of hydrogen-bond acceptors (Lipinski definition) is 6. The Kier molecular flexibility index (Phi) is 6.99. The van der Waals surface area contributed by atoms with Gasteiger partial charge in [-0.1, -0.05) is 12.1 Å². The lowest BCUT2D eigenvalue weighted by Crippen LogP contribution is -2.20. The fourth-order valence-electron chi connectivity index (χ4n) is 3.51. The van der Waals surface area contributed by atoms with E-state index in [-0.39, 0.29) is 43.9 Å². The third-order valence-electron chi connectivity index (χ3n) is 5.28. The van der Waals surface area contributed by atoms with Crippen molar-refractivity contribution in [3.8, 4) is 22.5 Å². The first-order valence-electron chi connectivity index (χ1n) is 10.8. The summed E-state index contributed by atoms with van der Waals surface area (Å²) in [6, 6.07) is 12.2. The minimum Gasteiger partial charge on any atom is -0.298 e. The van der Waals surface area contributed by atoms with Gasteiger partial charge in [0.05, 0.1) is 22.5 Å². The molecule has 0 spiro atoms. The third-order valence-corrected chi connectivity index (χ3v) is 6.80. The molecule has 5 rings (SSSR count). The summed E-state index contributed by atoms with van der Waals surface area (Å²) in [5.74, 6) is -4.29. The van der Waals surface area contributed by atoms with Crippen molar-refractivity contribution in [2.24, 2.45) is 0 Å². The number of thiazole rings is 2. The van der Waals surface area contributed by atoms with Gasteiger partial charge >= 0.3 is 0 Å². The van der Waals surface area contributed by atoms with Crippen LogP contribution in [0.1, 0.15) is 20.7 Å². The number of nitrogens with zero attached hydrogens (tertiary/aromatic N) is 2. The Balaban J connectivity index is 1.32. The Hall–Kier alpha value is -4.42. The van der Waals surface area contributed by atoms with Gasteiger partial charge in [-0.2, -0.15) is 0 Å². The molecule has 0 radical (unpaired) electrons. The minimum atomic E-state index is -0.789. The van der Waals surface area contributed by atoms with E-state index < -0.39 is 35.1 Å². The average molecular weight is 555 g/mol. The Morgan fingerprint density at radius 2 is 1.05 bits per heavy atom. The van der Waals surface area contributed by atoms with Gasteiger partial charge in [-0.25, -0.2) is 27.5 Å². The van der Waals surface area contributed by atoms with E-state index in [0.29, 0.717) is 0 Å². The minimum absolute atomic E-state index is 0.0380. The second kappa shape index (κ2) is 10.5. The van der Waals surface area contributed by atoms with Crippen LogP contribution in [0.2, 0.25) is 0 Å². The Morgan fingerprint density at radius 3 is 1.45 bits per heavy atom. The molecule has 2 amide bonds. The average Bonchev–Trinajstić information content (AvgIpc) is 3.54. The molecule has 38 heavy (non-hydrogen) atoms. The number of carbonyl (C=O) groups excluding carboxylic acids is 2. The van der Waals surface area contributed by atoms with Gasteiger partial charge in [-0.05, 0) is 36.4 Å². The lowest BCUT2D eigenvalue weighted by Gasteiger charge is -2.08. The first kappa shape index (κ1) is 25.2. The van der Waals surface area contributed by atoms with Crippen molar-refractivity contribution in [1.82, 2.24) is 9.97 Å². The second-order valence-corrected chi connectivity index (χ2v) is 9.49. The topological polar surface area (TPSA) is 84.0 Å². The maximum atomic E-state index is 14.1. The zero-order valence-electron chi connectivity index (χ0n) is 19.0. The molecular formula is C26H14F4N4O2S2. The van der Waals surface area contributed by atoms with Crippen molar-refractivity contribution in [2.75, 3.05) is 10.6 Å². The van der Waals surface area contributed by atoms with Gasteiger partial charge in [0, 0.05) is 34.0 Å². The molecule has 2 heterocycles. The monoisotopic (exact) mass is 554 g/mol. The normalized spacial score (nSPS) is 10.8. The Labute approximate surface area is 220 Å². The molecule has 6 nitrogen and oxygen atoms in total. The molecule has 0 saturated carbocycles. The second-order valence-electron chi connectivity index (χ2n) is 7.78. The predicted molar refractivity (Wildman–Crippen MR) is 137 cm³/mol. The molecule has 0 atom stereocenters. The van der Waals surface area contributed by atoms with Crippen LogP contribution in [0, 0.1) is 23.3 Å². The van der Waals surface area contributed by atoms with Crippen LogP contribution in [-0.4, -0.2) is 21.8 Å². The molecule has 0 bridgehead atoms. The Morgan fingerprint density at radius 1 is 0.632 bits per heavy atom. The summed E-state index contributed by atoms with van der Waals surface area (Å²) < 4.78 is 54.6. The number of rotatable bonds is 6. The van der Waals surface area contributed by atoms with E-state index in [0.717, 1.165) is 46.9 Å². The molecule has 12 heteroatoms. The number of nitrogens with one attached hydrogen (secondary N) is 2. The maximum Gasteiger partial charge on any atom is 0.258 e. The zero-order valence-corrected chi connectivity index (χ0v) is 20.6. The van der Waals surface area contributed by atoms with E-state index in [4.69, 9.17) is 0 Å². The van der Waals surface area contributed by atoms with Crippen molar-refractivity contribution in [3.05, 3.63) is 106 Å². The van der Waals surface area contributed by atoms with Gasteiger partial charge in [0.15, 0.2) is 10.3 Å². The number of amides is 2. The summed E-state index contributed by atoms with van der Waals surface area (Å²) >= 11 is 2.07. The lowest BCUT2D eigenvalue weighted by atomic mass is 10.1. The largest absolute Gasteiger partial charge is 0.298 e. The smallest absolute Gasteiger partial charge is 0.258 e. The van der Waals surface area contributed by atoms with E-state index in [9.17, 15) is 27.2 Å². The Bertz CT molecular complexity index is 1560. The maximum absolute atomic E-state index is 14.1. The van der Waals surface area contributed by atoms with Crippen molar-refractivity contribution >= 4 is 44.8 Å². The first-order valence-corrected chi connectivity index (χ1v) is 12.6. The number of hydrogen-bond donors (Lipinski definition) is 2. The van der Waals surface area contributed by atoms with E-state index in [1.165, 1.54) is 35.0 Å². The molecule has 0 aliphatic heterocycles. The highest BCUT2D eigenvalue weighted by atomic mass is 32.1. The molecule has 3 aromatic carbocycles. The highest BCUT2D eigenvalue weighted by Gasteiger charge is 2.20.